The lowest BCUT2D eigenvalue weighted by molar-refractivity contribution is -0.131. The van der Waals surface area contributed by atoms with Crippen LogP contribution in [0.1, 0.15) is 68.3 Å². The minimum Gasteiger partial charge on any atom is -0.478 e. The number of nitrogens with one attached hydrogen (secondary N) is 2. The van der Waals surface area contributed by atoms with E-state index in [4.69, 9.17) is 9.84 Å². The highest BCUT2D eigenvalue weighted by Crippen LogP contribution is 2.44. The Morgan fingerprint density at radius 3 is 2.56 bits per heavy atom. The molecule has 0 saturated carbocycles. The second-order valence-electron chi connectivity index (χ2n) is 10.4. The Balaban J connectivity index is 1.78. The van der Waals surface area contributed by atoms with Crippen LogP contribution in [0.4, 0.5) is 10.7 Å². The zero-order valence-electron chi connectivity index (χ0n) is 23.0. The van der Waals surface area contributed by atoms with Crippen molar-refractivity contribution in [3.05, 3.63) is 52.4 Å². The Hall–Kier alpha value is -3.11. The van der Waals surface area contributed by atoms with Gasteiger partial charge in [-0.25, -0.2) is 9.59 Å². The quantitative estimate of drug-likeness (QED) is 0.177. The SMILES string of the molecule is CCOC(=O)c1c(NC(=O)C(CC)Sc2cccc(NC(=O)/C=C/C(=O)O)c2)sc2c1CCC(C(C)(C)C)C2. The number of carbonyl (C=O) groups is 4. The van der Waals surface area contributed by atoms with Crippen molar-refractivity contribution in [1.29, 1.82) is 0 Å². The third-order valence-corrected chi connectivity index (χ3v) is 9.15. The maximum Gasteiger partial charge on any atom is 0.341 e. The van der Waals surface area contributed by atoms with E-state index in [0.29, 0.717) is 28.6 Å². The fraction of sp³-hybridized carbons (Fsp3) is 0.448. The van der Waals surface area contributed by atoms with Crippen LogP contribution >= 0.6 is 23.1 Å². The van der Waals surface area contributed by atoms with Crippen LogP contribution in [0.5, 0.6) is 0 Å². The number of rotatable bonds is 10. The normalized spacial score (nSPS) is 15.9. The van der Waals surface area contributed by atoms with Crippen molar-refractivity contribution >= 4 is 57.5 Å². The molecule has 0 fully saturated rings. The van der Waals surface area contributed by atoms with E-state index >= 15 is 0 Å². The number of carboxylic acids is 1. The van der Waals surface area contributed by atoms with Gasteiger partial charge in [0.2, 0.25) is 11.8 Å². The molecule has 3 rings (SSSR count). The molecule has 2 aromatic rings. The largest absolute Gasteiger partial charge is 0.478 e. The average Bonchev–Trinajstić information content (AvgIpc) is 3.23. The summed E-state index contributed by atoms with van der Waals surface area (Å²) in [5.74, 6) is -1.89. The molecule has 210 valence electrons. The van der Waals surface area contributed by atoms with Crippen molar-refractivity contribution in [2.24, 2.45) is 11.3 Å². The minimum atomic E-state index is -1.21. The number of aliphatic carboxylic acids is 1. The van der Waals surface area contributed by atoms with Crippen LogP contribution in [-0.2, 0) is 32.0 Å². The number of anilines is 2. The van der Waals surface area contributed by atoms with Gasteiger partial charge in [0.05, 0.1) is 17.4 Å². The fourth-order valence-corrected chi connectivity index (χ4v) is 6.82. The number of carboxylic acid groups (broad SMARTS) is 1. The summed E-state index contributed by atoms with van der Waals surface area (Å²) < 4.78 is 5.37. The van der Waals surface area contributed by atoms with Gasteiger partial charge in [-0.3, -0.25) is 9.59 Å². The van der Waals surface area contributed by atoms with Crippen LogP contribution in [0.15, 0.2) is 41.3 Å². The lowest BCUT2D eigenvalue weighted by Gasteiger charge is -2.33. The van der Waals surface area contributed by atoms with Gasteiger partial charge in [-0.1, -0.05) is 33.8 Å². The summed E-state index contributed by atoms with van der Waals surface area (Å²) in [6.45, 7) is 10.7. The third-order valence-electron chi connectivity index (χ3n) is 6.63. The van der Waals surface area contributed by atoms with Crippen molar-refractivity contribution in [3.63, 3.8) is 0 Å². The van der Waals surface area contributed by atoms with E-state index in [-0.39, 0.29) is 17.9 Å². The van der Waals surface area contributed by atoms with Crippen LogP contribution in [0, 0.1) is 11.3 Å². The van der Waals surface area contributed by atoms with Gasteiger partial charge in [0.1, 0.15) is 5.00 Å². The highest BCUT2D eigenvalue weighted by atomic mass is 32.2. The zero-order valence-corrected chi connectivity index (χ0v) is 24.6. The van der Waals surface area contributed by atoms with Gasteiger partial charge >= 0.3 is 11.9 Å². The number of esters is 1. The average molecular weight is 573 g/mol. The van der Waals surface area contributed by atoms with E-state index in [2.05, 4.69) is 31.4 Å². The summed E-state index contributed by atoms with van der Waals surface area (Å²) in [4.78, 5) is 50.8. The number of carbonyl (C=O) groups excluding carboxylic acids is 3. The van der Waals surface area contributed by atoms with Crippen molar-refractivity contribution < 1.29 is 29.0 Å². The zero-order chi connectivity index (χ0) is 28.7. The van der Waals surface area contributed by atoms with Crippen LogP contribution < -0.4 is 10.6 Å². The van der Waals surface area contributed by atoms with E-state index in [1.165, 1.54) is 23.1 Å². The van der Waals surface area contributed by atoms with Gasteiger partial charge in [0.25, 0.3) is 0 Å². The molecule has 0 aliphatic heterocycles. The van der Waals surface area contributed by atoms with Crippen LogP contribution in [0.25, 0.3) is 0 Å². The fourth-order valence-electron chi connectivity index (χ4n) is 4.49. The molecule has 2 atom stereocenters. The molecule has 3 N–H and O–H groups in total. The lowest BCUT2D eigenvalue weighted by Crippen LogP contribution is -2.27. The molecule has 2 unspecified atom stereocenters. The summed E-state index contributed by atoms with van der Waals surface area (Å²) >= 11 is 2.83. The second kappa shape index (κ2) is 13.3. The van der Waals surface area contributed by atoms with Crippen molar-refractivity contribution in [1.82, 2.24) is 0 Å². The van der Waals surface area contributed by atoms with Gasteiger partial charge in [-0.05, 0) is 67.7 Å². The van der Waals surface area contributed by atoms with Gasteiger partial charge in [0, 0.05) is 27.6 Å². The Morgan fingerprint density at radius 1 is 1.18 bits per heavy atom. The Bertz CT molecular complexity index is 1260. The van der Waals surface area contributed by atoms with Gasteiger partial charge in [-0.2, -0.15) is 0 Å². The number of ether oxygens (including phenoxy) is 1. The smallest absolute Gasteiger partial charge is 0.341 e. The molecule has 39 heavy (non-hydrogen) atoms. The summed E-state index contributed by atoms with van der Waals surface area (Å²) in [5.41, 5.74) is 2.12. The molecule has 1 aromatic carbocycles. The number of thiophene rings is 1. The standard InChI is InChI=1S/C29H36N2O6S2/c1-6-21(38-19-10-8-9-18(16-19)30-23(32)13-14-24(33)34)26(35)31-27-25(28(36)37-7-2)20-12-11-17(29(3,4)5)15-22(20)39-27/h8-10,13-14,16-17,21H,6-7,11-12,15H2,1-5H3,(H,30,32)(H,31,35)(H,33,34)/b14-13+. The molecular formula is C29H36N2O6S2. The van der Waals surface area contributed by atoms with Crippen LogP contribution in [0.3, 0.4) is 0 Å². The first-order valence-electron chi connectivity index (χ1n) is 13.0. The second-order valence-corrected chi connectivity index (χ2v) is 12.8. The van der Waals surface area contributed by atoms with Gasteiger partial charge < -0.3 is 20.5 Å². The summed E-state index contributed by atoms with van der Waals surface area (Å²) in [6, 6.07) is 7.00. The monoisotopic (exact) mass is 572 g/mol. The molecule has 1 aromatic heterocycles. The third kappa shape index (κ3) is 8.19. The maximum atomic E-state index is 13.4. The van der Waals surface area contributed by atoms with E-state index in [0.717, 1.165) is 46.8 Å². The summed E-state index contributed by atoms with van der Waals surface area (Å²) in [7, 11) is 0. The van der Waals surface area contributed by atoms with Crippen LogP contribution in [-0.4, -0.2) is 40.7 Å². The van der Waals surface area contributed by atoms with Crippen molar-refractivity contribution in [2.75, 3.05) is 17.2 Å². The summed E-state index contributed by atoms with van der Waals surface area (Å²) in [5, 5.41) is 14.4. The molecule has 1 aliphatic carbocycles. The number of thioether (sulfide) groups is 1. The molecular weight excluding hydrogens is 536 g/mol. The molecule has 0 spiro atoms. The number of hydrogen-bond acceptors (Lipinski definition) is 7. The van der Waals surface area contributed by atoms with Crippen LogP contribution in [0.2, 0.25) is 0 Å². The van der Waals surface area contributed by atoms with E-state index in [1.807, 2.05) is 13.0 Å². The number of amides is 2. The first kappa shape index (κ1) is 30.4. The molecule has 8 nitrogen and oxygen atoms in total. The topological polar surface area (TPSA) is 122 Å². The van der Waals surface area contributed by atoms with Gasteiger partial charge in [-0.15, -0.1) is 23.1 Å². The first-order chi connectivity index (χ1) is 18.4. The highest BCUT2D eigenvalue weighted by Gasteiger charge is 2.35. The number of benzene rings is 1. The van der Waals surface area contributed by atoms with E-state index in [9.17, 15) is 19.2 Å². The first-order valence-corrected chi connectivity index (χ1v) is 14.7. The van der Waals surface area contributed by atoms with E-state index in [1.54, 1.807) is 25.1 Å². The van der Waals surface area contributed by atoms with Gasteiger partial charge in [0.15, 0.2) is 0 Å². The number of fused-ring (bicyclic) bond motifs is 1. The Kier molecular flexibility index (Phi) is 10.4. The Morgan fingerprint density at radius 2 is 1.92 bits per heavy atom. The molecule has 1 aliphatic rings. The lowest BCUT2D eigenvalue weighted by atomic mass is 9.72. The predicted molar refractivity (Wildman–Crippen MR) is 156 cm³/mol. The number of hydrogen-bond donors (Lipinski definition) is 3. The molecule has 0 saturated heterocycles. The highest BCUT2D eigenvalue weighted by molar-refractivity contribution is 8.00. The molecule has 10 heteroatoms. The predicted octanol–water partition coefficient (Wildman–Crippen LogP) is 6.16. The van der Waals surface area contributed by atoms with Crippen molar-refractivity contribution in [3.8, 4) is 0 Å². The summed E-state index contributed by atoms with van der Waals surface area (Å²) in [6.07, 6.45) is 4.89. The minimum absolute atomic E-state index is 0.152. The maximum absolute atomic E-state index is 13.4. The molecule has 0 bridgehead atoms. The van der Waals surface area contributed by atoms with E-state index < -0.39 is 23.1 Å². The molecule has 2 amide bonds. The molecule has 1 heterocycles. The Labute approximate surface area is 237 Å². The molecule has 0 radical (unpaired) electrons. The van der Waals surface area contributed by atoms with Crippen molar-refractivity contribution in [2.45, 2.75) is 70.4 Å².